The van der Waals surface area contributed by atoms with Gasteiger partial charge >= 0.3 is 0 Å². The highest BCUT2D eigenvalue weighted by atomic mass is 79.9. The van der Waals surface area contributed by atoms with E-state index in [-0.39, 0.29) is 22.6 Å². The van der Waals surface area contributed by atoms with Gasteiger partial charge in [0, 0.05) is 10.5 Å². The van der Waals surface area contributed by atoms with Gasteiger partial charge in [0.1, 0.15) is 23.4 Å². The molecule has 0 radical (unpaired) electrons. The minimum atomic E-state index is -0.771. The zero-order valence-corrected chi connectivity index (χ0v) is 12.7. The molecular weight excluding hydrogens is 346 g/mol. The van der Waals surface area contributed by atoms with Crippen LogP contribution in [0.15, 0.2) is 39.4 Å². The Labute approximate surface area is 128 Å². The van der Waals surface area contributed by atoms with Gasteiger partial charge in [0.25, 0.3) is 0 Å². The number of amides is 1. The van der Waals surface area contributed by atoms with E-state index >= 15 is 0 Å². The molecule has 0 aliphatic carbocycles. The maximum atomic E-state index is 13.7. The summed E-state index contributed by atoms with van der Waals surface area (Å²) in [6.07, 6.45) is 1.51. The van der Waals surface area contributed by atoms with Gasteiger partial charge in [-0.3, -0.25) is 4.79 Å². The van der Waals surface area contributed by atoms with Gasteiger partial charge < -0.3 is 15.1 Å². The van der Waals surface area contributed by atoms with Crippen molar-refractivity contribution in [2.24, 2.45) is 0 Å². The molecule has 0 spiro atoms. The van der Waals surface area contributed by atoms with Crippen molar-refractivity contribution in [1.82, 2.24) is 5.32 Å². The molecular formula is C14H13BrF2N2O2. The zero-order chi connectivity index (χ0) is 15.4. The first-order chi connectivity index (χ1) is 9.97. The minimum absolute atomic E-state index is 0.0389. The van der Waals surface area contributed by atoms with E-state index in [9.17, 15) is 13.6 Å². The highest BCUT2D eigenvalue weighted by molar-refractivity contribution is 9.10. The average molecular weight is 359 g/mol. The summed E-state index contributed by atoms with van der Waals surface area (Å²) in [6.45, 7) is 1.82. The van der Waals surface area contributed by atoms with Crippen LogP contribution in [0.4, 0.5) is 14.5 Å². The van der Waals surface area contributed by atoms with Crippen LogP contribution in [0, 0.1) is 11.6 Å². The Morgan fingerprint density at radius 1 is 1.43 bits per heavy atom. The van der Waals surface area contributed by atoms with Crippen LogP contribution >= 0.6 is 15.9 Å². The summed E-state index contributed by atoms with van der Waals surface area (Å²) in [5.41, 5.74) is 0.0389. The molecule has 1 unspecified atom stereocenters. The van der Waals surface area contributed by atoms with Gasteiger partial charge in [0.05, 0.1) is 18.5 Å². The number of anilines is 1. The number of rotatable bonds is 5. The van der Waals surface area contributed by atoms with Crippen LogP contribution in [0.25, 0.3) is 0 Å². The monoisotopic (exact) mass is 358 g/mol. The number of furan rings is 1. The van der Waals surface area contributed by atoms with Crippen LogP contribution in [0.1, 0.15) is 12.7 Å². The maximum Gasteiger partial charge on any atom is 0.242 e. The standard InChI is InChI=1S/C14H13BrF2N2O2/c1-8(14(20)18-7-10-3-2-4-21-10)19-13-11(15)5-9(16)6-12(13)17/h2-6,8,19H,7H2,1H3,(H,18,20). The van der Waals surface area contributed by atoms with Crippen molar-refractivity contribution < 1.29 is 18.0 Å². The van der Waals surface area contributed by atoms with E-state index in [0.29, 0.717) is 5.76 Å². The van der Waals surface area contributed by atoms with Gasteiger partial charge in [-0.15, -0.1) is 0 Å². The lowest BCUT2D eigenvalue weighted by atomic mass is 10.2. The third-order valence-corrected chi connectivity index (χ3v) is 3.40. The Balaban J connectivity index is 1.97. The van der Waals surface area contributed by atoms with Gasteiger partial charge in [-0.25, -0.2) is 8.78 Å². The van der Waals surface area contributed by atoms with Crippen molar-refractivity contribution in [3.63, 3.8) is 0 Å². The molecule has 1 heterocycles. The van der Waals surface area contributed by atoms with E-state index in [4.69, 9.17) is 4.42 Å². The fourth-order valence-electron chi connectivity index (χ4n) is 1.70. The number of carbonyl (C=O) groups is 1. The van der Waals surface area contributed by atoms with Crippen LogP contribution in [-0.2, 0) is 11.3 Å². The van der Waals surface area contributed by atoms with Crippen molar-refractivity contribution in [2.75, 3.05) is 5.32 Å². The van der Waals surface area contributed by atoms with Crippen LogP contribution in [0.3, 0.4) is 0 Å². The summed E-state index contributed by atoms with van der Waals surface area (Å²) in [4.78, 5) is 11.9. The number of hydrogen-bond donors (Lipinski definition) is 2. The predicted octanol–water partition coefficient (Wildman–Crippen LogP) is 3.44. The maximum absolute atomic E-state index is 13.7. The van der Waals surface area contributed by atoms with Gasteiger partial charge in [0.2, 0.25) is 5.91 Å². The normalized spacial score (nSPS) is 12.0. The van der Waals surface area contributed by atoms with E-state index in [2.05, 4.69) is 26.6 Å². The minimum Gasteiger partial charge on any atom is -0.467 e. The number of halogens is 3. The summed E-state index contributed by atoms with van der Waals surface area (Å²) in [7, 11) is 0. The predicted molar refractivity (Wildman–Crippen MR) is 77.7 cm³/mol. The quantitative estimate of drug-likeness (QED) is 0.860. The van der Waals surface area contributed by atoms with Crippen molar-refractivity contribution >= 4 is 27.5 Å². The van der Waals surface area contributed by atoms with Crippen molar-refractivity contribution in [3.8, 4) is 0 Å². The van der Waals surface area contributed by atoms with Crippen molar-refractivity contribution in [1.29, 1.82) is 0 Å². The number of benzene rings is 1. The lowest BCUT2D eigenvalue weighted by Crippen LogP contribution is -2.37. The Bertz CT molecular complexity index is 609. The largest absolute Gasteiger partial charge is 0.467 e. The average Bonchev–Trinajstić information content (AvgIpc) is 2.93. The second-order valence-corrected chi connectivity index (χ2v) is 5.26. The lowest BCUT2D eigenvalue weighted by molar-refractivity contribution is -0.121. The summed E-state index contributed by atoms with van der Waals surface area (Å²) >= 11 is 3.06. The molecule has 0 fully saturated rings. The summed E-state index contributed by atoms with van der Waals surface area (Å²) < 4.78 is 32.0. The molecule has 0 aliphatic heterocycles. The second-order valence-electron chi connectivity index (χ2n) is 4.41. The summed E-state index contributed by atoms with van der Waals surface area (Å²) in [5.74, 6) is -1.18. The first-order valence-corrected chi connectivity index (χ1v) is 6.98. The highest BCUT2D eigenvalue weighted by Gasteiger charge is 2.17. The molecule has 0 saturated heterocycles. The van der Waals surface area contributed by atoms with Crippen LogP contribution in [0.2, 0.25) is 0 Å². The molecule has 1 aromatic carbocycles. The van der Waals surface area contributed by atoms with E-state index in [1.165, 1.54) is 6.26 Å². The van der Waals surface area contributed by atoms with E-state index in [1.54, 1.807) is 19.1 Å². The van der Waals surface area contributed by atoms with Gasteiger partial charge in [-0.05, 0) is 41.1 Å². The van der Waals surface area contributed by atoms with Crippen molar-refractivity contribution in [2.45, 2.75) is 19.5 Å². The molecule has 1 atom stereocenters. The SMILES string of the molecule is CC(Nc1c(F)cc(F)cc1Br)C(=O)NCc1ccco1. The van der Waals surface area contributed by atoms with Crippen LogP contribution in [-0.4, -0.2) is 11.9 Å². The molecule has 112 valence electrons. The molecule has 21 heavy (non-hydrogen) atoms. The van der Waals surface area contributed by atoms with Gasteiger partial charge in [-0.2, -0.15) is 0 Å². The van der Waals surface area contributed by atoms with E-state index in [0.717, 1.165) is 12.1 Å². The Morgan fingerprint density at radius 2 is 2.19 bits per heavy atom. The summed E-state index contributed by atoms with van der Waals surface area (Å²) in [6, 6.07) is 4.62. The highest BCUT2D eigenvalue weighted by Crippen LogP contribution is 2.27. The summed E-state index contributed by atoms with van der Waals surface area (Å²) in [5, 5.41) is 5.35. The molecule has 1 aromatic heterocycles. The second kappa shape index (κ2) is 6.71. The topological polar surface area (TPSA) is 54.3 Å². The molecule has 2 N–H and O–H groups in total. The van der Waals surface area contributed by atoms with Crippen molar-refractivity contribution in [3.05, 3.63) is 52.4 Å². The Hall–Kier alpha value is -1.89. The smallest absolute Gasteiger partial charge is 0.242 e. The van der Waals surface area contributed by atoms with E-state index < -0.39 is 17.7 Å². The fraction of sp³-hybridized carbons (Fsp3) is 0.214. The molecule has 1 amide bonds. The third-order valence-electron chi connectivity index (χ3n) is 2.78. The number of carbonyl (C=O) groups excluding carboxylic acids is 1. The van der Waals surface area contributed by atoms with Crippen LogP contribution in [0.5, 0.6) is 0 Å². The zero-order valence-electron chi connectivity index (χ0n) is 11.1. The molecule has 0 saturated carbocycles. The number of hydrogen-bond acceptors (Lipinski definition) is 3. The molecule has 2 aromatic rings. The molecule has 2 rings (SSSR count). The molecule has 0 bridgehead atoms. The lowest BCUT2D eigenvalue weighted by Gasteiger charge is -2.16. The third kappa shape index (κ3) is 4.04. The molecule has 7 heteroatoms. The molecule has 4 nitrogen and oxygen atoms in total. The fourth-order valence-corrected chi connectivity index (χ4v) is 2.23. The van der Waals surface area contributed by atoms with E-state index in [1.807, 2.05) is 0 Å². The number of nitrogens with one attached hydrogen (secondary N) is 2. The first-order valence-electron chi connectivity index (χ1n) is 6.18. The van der Waals surface area contributed by atoms with Gasteiger partial charge in [-0.1, -0.05) is 0 Å². The Morgan fingerprint density at radius 3 is 2.81 bits per heavy atom. The first kappa shape index (κ1) is 15.5. The molecule has 0 aliphatic rings. The van der Waals surface area contributed by atoms with Crippen LogP contribution < -0.4 is 10.6 Å². The Kier molecular flexibility index (Phi) is 4.95. The van der Waals surface area contributed by atoms with Gasteiger partial charge in [0.15, 0.2) is 0 Å².